The Morgan fingerprint density at radius 3 is 0.887 bits per heavy atom. The second-order valence-electron chi connectivity index (χ2n) is 22.3. The zero-order valence-corrected chi connectivity index (χ0v) is 53.0. The van der Waals surface area contributed by atoms with Gasteiger partial charge in [0.05, 0.1) is 26.4 Å². The summed E-state index contributed by atoms with van der Waals surface area (Å²) in [5.41, 5.74) is 0. The van der Waals surface area contributed by atoms with Gasteiger partial charge in [0.2, 0.25) is 0 Å². The highest BCUT2D eigenvalue weighted by Gasteiger charge is 2.30. The first kappa shape index (κ1) is 78.1. The molecule has 0 saturated heterocycles. The van der Waals surface area contributed by atoms with E-state index in [4.69, 9.17) is 37.0 Å². The van der Waals surface area contributed by atoms with Crippen molar-refractivity contribution >= 4 is 39.5 Å². The standard InChI is InChI=1S/C61H118O17P2/c1-6-10-13-16-18-20-22-24-25-30-35-40-45-59(64)72-51-57(78-61(66)47-42-37-32-28-27-29-34-38-43-54(5)9-4)53-76-80(69,70)74-49-55(62)48-73-79(67,68)75-52-56(50-71-58(63)44-39-33-15-12-8-3)77-60(65)46-41-36-31-26-23-21-19-17-14-11-7-2/h54-57,62H,6-53H2,1-5H3,(H,67,68)(H,69,70)/t54?,55-,56+,57+/m0/s1. The molecule has 0 aromatic rings. The van der Waals surface area contributed by atoms with Gasteiger partial charge in [-0.05, 0) is 31.6 Å². The van der Waals surface area contributed by atoms with Crippen molar-refractivity contribution < 1.29 is 80.2 Å². The molecular formula is C61H118O17P2. The van der Waals surface area contributed by atoms with E-state index in [1.165, 1.54) is 122 Å². The monoisotopic (exact) mass is 1180 g/mol. The number of hydrogen-bond acceptors (Lipinski definition) is 15. The summed E-state index contributed by atoms with van der Waals surface area (Å²) in [6.45, 7) is 7.08. The lowest BCUT2D eigenvalue weighted by Crippen LogP contribution is -2.30. The van der Waals surface area contributed by atoms with E-state index in [1.807, 2.05) is 0 Å². The molecule has 80 heavy (non-hydrogen) atoms. The number of ether oxygens (including phenoxy) is 4. The van der Waals surface area contributed by atoms with Crippen molar-refractivity contribution in [3.63, 3.8) is 0 Å². The molecule has 474 valence electrons. The van der Waals surface area contributed by atoms with Crippen molar-refractivity contribution in [2.75, 3.05) is 39.6 Å². The van der Waals surface area contributed by atoms with Gasteiger partial charge in [-0.3, -0.25) is 37.3 Å². The van der Waals surface area contributed by atoms with E-state index in [9.17, 15) is 43.2 Å². The van der Waals surface area contributed by atoms with Crippen LogP contribution < -0.4 is 0 Å². The van der Waals surface area contributed by atoms with Crippen LogP contribution in [0.25, 0.3) is 0 Å². The first-order valence-electron chi connectivity index (χ1n) is 32.2. The zero-order chi connectivity index (χ0) is 59.2. The molecule has 0 fully saturated rings. The van der Waals surface area contributed by atoms with E-state index in [1.54, 1.807) is 0 Å². The fraction of sp³-hybridized carbons (Fsp3) is 0.934. The van der Waals surface area contributed by atoms with Crippen LogP contribution in [-0.2, 0) is 65.4 Å². The van der Waals surface area contributed by atoms with Gasteiger partial charge in [-0.2, -0.15) is 0 Å². The molecule has 0 aromatic heterocycles. The van der Waals surface area contributed by atoms with Crippen molar-refractivity contribution in [2.45, 2.75) is 323 Å². The van der Waals surface area contributed by atoms with Crippen LogP contribution in [0.4, 0.5) is 0 Å². The maximum absolute atomic E-state index is 12.9. The van der Waals surface area contributed by atoms with Crippen LogP contribution in [0.1, 0.15) is 304 Å². The molecule has 6 atom stereocenters. The van der Waals surface area contributed by atoms with E-state index in [-0.39, 0.29) is 25.7 Å². The van der Waals surface area contributed by atoms with E-state index < -0.39 is 97.5 Å². The summed E-state index contributed by atoms with van der Waals surface area (Å²) in [5.74, 6) is -1.38. The molecule has 0 spiro atoms. The summed E-state index contributed by atoms with van der Waals surface area (Å²) in [7, 11) is -9.87. The first-order chi connectivity index (χ1) is 38.6. The van der Waals surface area contributed by atoms with Gasteiger partial charge in [0.1, 0.15) is 19.3 Å². The Balaban J connectivity index is 5.19. The Labute approximate surface area is 486 Å². The molecule has 17 nitrogen and oxygen atoms in total. The number of aliphatic hydroxyl groups excluding tert-OH is 1. The minimum atomic E-state index is -4.94. The highest BCUT2D eigenvalue weighted by atomic mass is 31.2. The zero-order valence-electron chi connectivity index (χ0n) is 51.2. The molecule has 0 amide bonds. The predicted molar refractivity (Wildman–Crippen MR) is 317 cm³/mol. The van der Waals surface area contributed by atoms with Crippen molar-refractivity contribution in [1.29, 1.82) is 0 Å². The number of hydrogen-bond donors (Lipinski definition) is 3. The molecule has 0 radical (unpaired) electrons. The van der Waals surface area contributed by atoms with Crippen LogP contribution in [0.15, 0.2) is 0 Å². The molecule has 0 bridgehead atoms. The minimum Gasteiger partial charge on any atom is -0.462 e. The van der Waals surface area contributed by atoms with Gasteiger partial charge in [-0.25, -0.2) is 9.13 Å². The van der Waals surface area contributed by atoms with E-state index in [2.05, 4.69) is 34.6 Å². The summed E-state index contributed by atoms with van der Waals surface area (Å²) in [6.07, 6.45) is 37.8. The normalized spacial score (nSPS) is 14.7. The average molecular weight is 1190 g/mol. The van der Waals surface area contributed by atoms with Crippen molar-refractivity contribution in [3.8, 4) is 0 Å². The molecule has 0 aromatic carbocycles. The average Bonchev–Trinajstić information content (AvgIpc) is 3.43. The summed E-state index contributed by atoms with van der Waals surface area (Å²) < 4.78 is 67.7. The van der Waals surface area contributed by atoms with Gasteiger partial charge in [-0.15, -0.1) is 0 Å². The number of carbonyl (C=O) groups is 4. The highest BCUT2D eigenvalue weighted by molar-refractivity contribution is 7.47. The third kappa shape index (κ3) is 54.0. The summed E-state index contributed by atoms with van der Waals surface area (Å²) in [5, 5.41) is 10.5. The summed E-state index contributed by atoms with van der Waals surface area (Å²) in [6, 6.07) is 0. The quantitative estimate of drug-likeness (QED) is 0.0222. The number of carbonyl (C=O) groups excluding carboxylic acids is 4. The Hall–Kier alpha value is -1.94. The molecule has 0 saturated carbocycles. The third-order valence-electron chi connectivity index (χ3n) is 14.4. The Morgan fingerprint density at radius 1 is 0.350 bits per heavy atom. The molecule has 3 unspecified atom stereocenters. The second kappa shape index (κ2) is 55.0. The second-order valence-corrected chi connectivity index (χ2v) is 25.2. The SMILES string of the molecule is CCCCCCCCCCCCCCC(=O)OC[C@H](COP(=O)(O)OC[C@@H](O)COP(=O)(O)OC[C@@H](COC(=O)CCCCCCC)OC(=O)CCCCCCCCCCCCC)OC(=O)CCCCCCCCCCC(C)CC. The Bertz CT molecular complexity index is 1570. The minimum absolute atomic E-state index is 0.105. The number of esters is 4. The van der Waals surface area contributed by atoms with Crippen LogP contribution in [0.2, 0.25) is 0 Å². The fourth-order valence-electron chi connectivity index (χ4n) is 9.02. The largest absolute Gasteiger partial charge is 0.472 e. The van der Waals surface area contributed by atoms with Gasteiger partial charge >= 0.3 is 39.5 Å². The molecule has 0 aliphatic rings. The van der Waals surface area contributed by atoms with Crippen LogP contribution in [-0.4, -0.2) is 96.7 Å². The number of rotatable bonds is 61. The highest BCUT2D eigenvalue weighted by Crippen LogP contribution is 2.45. The molecule has 0 aliphatic heterocycles. The summed E-state index contributed by atoms with van der Waals surface area (Å²) in [4.78, 5) is 71.8. The molecule has 0 rings (SSSR count). The number of unbranched alkanes of at least 4 members (excludes halogenated alkanes) is 32. The predicted octanol–water partition coefficient (Wildman–Crippen LogP) is 16.6. The number of phosphoric ester groups is 2. The van der Waals surface area contributed by atoms with Crippen molar-refractivity contribution in [3.05, 3.63) is 0 Å². The smallest absolute Gasteiger partial charge is 0.462 e. The topological polar surface area (TPSA) is 237 Å². The maximum atomic E-state index is 12.9. The fourth-order valence-corrected chi connectivity index (χ4v) is 10.6. The van der Waals surface area contributed by atoms with Gasteiger partial charge < -0.3 is 33.8 Å². The lowest BCUT2D eigenvalue weighted by molar-refractivity contribution is -0.161. The van der Waals surface area contributed by atoms with E-state index in [0.29, 0.717) is 25.7 Å². The lowest BCUT2D eigenvalue weighted by Gasteiger charge is -2.21. The molecule has 0 aliphatic carbocycles. The molecule has 19 heteroatoms. The van der Waals surface area contributed by atoms with Gasteiger partial charge in [0.15, 0.2) is 12.2 Å². The van der Waals surface area contributed by atoms with E-state index in [0.717, 1.165) is 102 Å². The number of phosphoric acid groups is 2. The Kier molecular flexibility index (Phi) is 53.6. The third-order valence-corrected chi connectivity index (χ3v) is 16.3. The Morgan fingerprint density at radius 2 is 0.600 bits per heavy atom. The van der Waals surface area contributed by atoms with Crippen molar-refractivity contribution in [2.24, 2.45) is 5.92 Å². The lowest BCUT2D eigenvalue weighted by atomic mass is 9.99. The molecular weight excluding hydrogens is 1070 g/mol. The number of aliphatic hydroxyl groups is 1. The van der Waals surface area contributed by atoms with Crippen LogP contribution >= 0.6 is 15.6 Å². The maximum Gasteiger partial charge on any atom is 0.472 e. The van der Waals surface area contributed by atoms with Crippen LogP contribution in [0.5, 0.6) is 0 Å². The molecule has 0 heterocycles. The molecule has 3 N–H and O–H groups in total. The van der Waals surface area contributed by atoms with E-state index >= 15 is 0 Å². The van der Waals surface area contributed by atoms with Gasteiger partial charge in [0, 0.05) is 25.7 Å². The van der Waals surface area contributed by atoms with Gasteiger partial charge in [0.25, 0.3) is 0 Å². The van der Waals surface area contributed by atoms with Crippen LogP contribution in [0, 0.1) is 5.92 Å². The van der Waals surface area contributed by atoms with Crippen LogP contribution in [0.3, 0.4) is 0 Å². The van der Waals surface area contributed by atoms with Gasteiger partial charge in [-0.1, -0.05) is 253 Å². The first-order valence-corrected chi connectivity index (χ1v) is 35.2. The van der Waals surface area contributed by atoms with Crippen molar-refractivity contribution in [1.82, 2.24) is 0 Å². The summed E-state index contributed by atoms with van der Waals surface area (Å²) >= 11 is 0.